The maximum atomic E-state index is 3.52. The van der Waals surface area contributed by atoms with Gasteiger partial charge in [0, 0.05) is 39.4 Å². The van der Waals surface area contributed by atoms with Gasteiger partial charge in [-0.05, 0) is 17.0 Å². The highest BCUT2D eigenvalue weighted by Crippen LogP contribution is 2.14. The van der Waals surface area contributed by atoms with E-state index in [0.29, 0.717) is 5.92 Å². The summed E-state index contributed by atoms with van der Waals surface area (Å²) in [6.07, 6.45) is 0. The van der Waals surface area contributed by atoms with Gasteiger partial charge in [0.1, 0.15) is 0 Å². The summed E-state index contributed by atoms with van der Waals surface area (Å²) in [7, 11) is 0. The zero-order valence-electron chi connectivity index (χ0n) is 11.6. The average molecular weight is 247 g/mol. The van der Waals surface area contributed by atoms with Gasteiger partial charge in [-0.3, -0.25) is 4.90 Å². The number of nitrogens with one attached hydrogen (secondary N) is 2. The standard InChI is InChI=1S/C15H25N3/c1-13(2)15-5-3-14(4-6-15)11-17-12-18-9-7-16-8-10-18/h3-6,13,16-17H,7-12H2,1-2H3. The van der Waals surface area contributed by atoms with Crippen LogP contribution in [0.1, 0.15) is 30.9 Å². The molecule has 1 heterocycles. The SMILES string of the molecule is CC(C)c1ccc(CNCN2CCNCC2)cc1. The normalized spacial score (nSPS) is 17.3. The third-order valence-electron chi connectivity index (χ3n) is 3.52. The highest BCUT2D eigenvalue weighted by atomic mass is 15.2. The number of benzene rings is 1. The second kappa shape index (κ2) is 6.88. The van der Waals surface area contributed by atoms with Crippen LogP contribution in [0.4, 0.5) is 0 Å². The van der Waals surface area contributed by atoms with Crippen molar-refractivity contribution in [2.45, 2.75) is 26.3 Å². The van der Waals surface area contributed by atoms with Crippen LogP contribution in [0.2, 0.25) is 0 Å². The molecule has 0 aliphatic carbocycles. The largest absolute Gasteiger partial charge is 0.314 e. The highest BCUT2D eigenvalue weighted by Gasteiger charge is 2.08. The maximum Gasteiger partial charge on any atom is 0.0484 e. The smallest absolute Gasteiger partial charge is 0.0484 e. The van der Waals surface area contributed by atoms with E-state index in [1.165, 1.54) is 11.1 Å². The predicted octanol–water partition coefficient (Wildman–Crippen LogP) is 1.76. The topological polar surface area (TPSA) is 27.3 Å². The van der Waals surface area contributed by atoms with Crippen molar-refractivity contribution in [2.75, 3.05) is 32.8 Å². The molecule has 2 rings (SSSR count). The van der Waals surface area contributed by atoms with E-state index in [-0.39, 0.29) is 0 Å². The van der Waals surface area contributed by atoms with E-state index in [4.69, 9.17) is 0 Å². The monoisotopic (exact) mass is 247 g/mol. The highest BCUT2D eigenvalue weighted by molar-refractivity contribution is 5.24. The fraction of sp³-hybridized carbons (Fsp3) is 0.600. The molecule has 18 heavy (non-hydrogen) atoms. The van der Waals surface area contributed by atoms with Crippen molar-refractivity contribution in [3.8, 4) is 0 Å². The van der Waals surface area contributed by atoms with E-state index in [2.05, 4.69) is 53.6 Å². The van der Waals surface area contributed by atoms with Crippen molar-refractivity contribution < 1.29 is 0 Å². The molecule has 100 valence electrons. The van der Waals surface area contributed by atoms with E-state index >= 15 is 0 Å². The third kappa shape index (κ3) is 4.09. The Morgan fingerprint density at radius 2 is 1.83 bits per heavy atom. The Balaban J connectivity index is 1.72. The summed E-state index contributed by atoms with van der Waals surface area (Å²) in [5.41, 5.74) is 2.79. The first-order valence-corrected chi connectivity index (χ1v) is 6.98. The first-order valence-electron chi connectivity index (χ1n) is 6.98. The summed E-state index contributed by atoms with van der Waals surface area (Å²) < 4.78 is 0. The van der Waals surface area contributed by atoms with Gasteiger partial charge in [0.25, 0.3) is 0 Å². The molecule has 1 saturated heterocycles. The number of piperazine rings is 1. The molecule has 1 aliphatic heterocycles. The quantitative estimate of drug-likeness (QED) is 0.830. The molecular formula is C15H25N3. The molecular weight excluding hydrogens is 222 g/mol. The molecule has 0 unspecified atom stereocenters. The third-order valence-corrected chi connectivity index (χ3v) is 3.52. The van der Waals surface area contributed by atoms with Crippen molar-refractivity contribution in [3.63, 3.8) is 0 Å². The molecule has 3 nitrogen and oxygen atoms in total. The van der Waals surface area contributed by atoms with Crippen LogP contribution in [0.25, 0.3) is 0 Å². The second-order valence-corrected chi connectivity index (χ2v) is 5.35. The van der Waals surface area contributed by atoms with Crippen molar-refractivity contribution in [1.29, 1.82) is 0 Å². The summed E-state index contributed by atoms with van der Waals surface area (Å²) in [5.74, 6) is 0.618. The Morgan fingerprint density at radius 1 is 1.17 bits per heavy atom. The van der Waals surface area contributed by atoms with Crippen molar-refractivity contribution in [1.82, 2.24) is 15.5 Å². The molecule has 0 amide bonds. The summed E-state index contributed by atoms with van der Waals surface area (Å²) in [4.78, 5) is 2.46. The molecule has 2 N–H and O–H groups in total. The van der Waals surface area contributed by atoms with Gasteiger partial charge < -0.3 is 10.6 Å². The van der Waals surface area contributed by atoms with Gasteiger partial charge >= 0.3 is 0 Å². The fourth-order valence-electron chi connectivity index (χ4n) is 2.25. The van der Waals surface area contributed by atoms with Gasteiger partial charge in [0.15, 0.2) is 0 Å². The summed E-state index contributed by atoms with van der Waals surface area (Å²) in [6.45, 7) is 11.0. The zero-order valence-corrected chi connectivity index (χ0v) is 11.6. The van der Waals surface area contributed by atoms with Crippen LogP contribution in [-0.4, -0.2) is 37.7 Å². The summed E-state index contributed by atoms with van der Waals surface area (Å²) >= 11 is 0. The lowest BCUT2D eigenvalue weighted by molar-refractivity contribution is 0.223. The van der Waals surface area contributed by atoms with Crippen molar-refractivity contribution in [3.05, 3.63) is 35.4 Å². The molecule has 1 fully saturated rings. The summed E-state index contributed by atoms with van der Waals surface area (Å²) in [6, 6.07) is 8.96. The molecule has 0 atom stereocenters. The van der Waals surface area contributed by atoms with Crippen LogP contribution in [0, 0.1) is 0 Å². The van der Waals surface area contributed by atoms with Gasteiger partial charge in [-0.25, -0.2) is 0 Å². The van der Waals surface area contributed by atoms with E-state index in [1.54, 1.807) is 0 Å². The zero-order chi connectivity index (χ0) is 12.8. The van der Waals surface area contributed by atoms with Crippen LogP contribution < -0.4 is 10.6 Å². The predicted molar refractivity (Wildman–Crippen MR) is 76.7 cm³/mol. The molecule has 0 radical (unpaired) electrons. The lowest BCUT2D eigenvalue weighted by Gasteiger charge is -2.27. The van der Waals surface area contributed by atoms with Crippen LogP contribution >= 0.6 is 0 Å². The number of hydrogen-bond acceptors (Lipinski definition) is 3. The molecule has 0 spiro atoms. The maximum absolute atomic E-state index is 3.52. The minimum absolute atomic E-state index is 0.618. The van der Waals surface area contributed by atoms with Crippen molar-refractivity contribution >= 4 is 0 Å². The molecule has 0 saturated carbocycles. The average Bonchev–Trinajstić information content (AvgIpc) is 2.40. The Labute approximate surface area is 111 Å². The molecule has 1 aromatic rings. The first-order chi connectivity index (χ1) is 8.75. The lowest BCUT2D eigenvalue weighted by Crippen LogP contribution is -2.46. The van der Waals surface area contributed by atoms with Crippen molar-refractivity contribution in [2.24, 2.45) is 0 Å². The van der Waals surface area contributed by atoms with E-state index in [1.807, 2.05) is 0 Å². The molecule has 0 aromatic heterocycles. The minimum Gasteiger partial charge on any atom is -0.314 e. The van der Waals surface area contributed by atoms with Gasteiger partial charge in [0.2, 0.25) is 0 Å². The van der Waals surface area contributed by atoms with E-state index in [0.717, 1.165) is 39.4 Å². The van der Waals surface area contributed by atoms with Crippen LogP contribution in [0.3, 0.4) is 0 Å². The molecule has 1 aliphatic rings. The number of hydrogen-bond donors (Lipinski definition) is 2. The van der Waals surface area contributed by atoms with Crippen LogP contribution in [0.5, 0.6) is 0 Å². The van der Waals surface area contributed by atoms with E-state index in [9.17, 15) is 0 Å². The molecule has 1 aromatic carbocycles. The van der Waals surface area contributed by atoms with Crippen LogP contribution in [-0.2, 0) is 6.54 Å². The summed E-state index contributed by atoms with van der Waals surface area (Å²) in [5, 5.41) is 6.89. The van der Waals surface area contributed by atoms with Gasteiger partial charge in [-0.1, -0.05) is 38.1 Å². The van der Waals surface area contributed by atoms with E-state index < -0.39 is 0 Å². The molecule has 3 heteroatoms. The first kappa shape index (κ1) is 13.5. The lowest BCUT2D eigenvalue weighted by atomic mass is 10.0. The van der Waals surface area contributed by atoms with Gasteiger partial charge in [-0.2, -0.15) is 0 Å². The number of rotatable bonds is 5. The number of nitrogens with zero attached hydrogens (tertiary/aromatic N) is 1. The molecule has 0 bridgehead atoms. The van der Waals surface area contributed by atoms with Crippen LogP contribution in [0.15, 0.2) is 24.3 Å². The Kier molecular flexibility index (Phi) is 5.17. The minimum atomic E-state index is 0.618. The van der Waals surface area contributed by atoms with Gasteiger partial charge in [-0.15, -0.1) is 0 Å². The Hall–Kier alpha value is -0.900. The Morgan fingerprint density at radius 3 is 2.44 bits per heavy atom. The fourth-order valence-corrected chi connectivity index (χ4v) is 2.25. The van der Waals surface area contributed by atoms with Gasteiger partial charge in [0.05, 0.1) is 0 Å². The second-order valence-electron chi connectivity index (χ2n) is 5.35. The Bertz CT molecular complexity index is 339.